The Bertz CT molecular complexity index is 91.7. The first-order valence-electron chi connectivity index (χ1n) is 3.15. The summed E-state index contributed by atoms with van der Waals surface area (Å²) in [5, 5.41) is 8.22. The summed E-state index contributed by atoms with van der Waals surface area (Å²) in [6, 6.07) is 0. The molecule has 60 valence electrons. The van der Waals surface area contributed by atoms with Gasteiger partial charge in [0.1, 0.15) is 0 Å². The second kappa shape index (κ2) is 6.51. The predicted octanol–water partition coefficient (Wildman–Crippen LogP) is -0.0940. The van der Waals surface area contributed by atoms with Crippen LogP contribution in [0.3, 0.4) is 0 Å². The average molecular weight is 148 g/mol. The number of hydrogen-bond donors (Lipinski definition) is 1. The summed E-state index contributed by atoms with van der Waals surface area (Å²) in [4.78, 5) is 10.4. The van der Waals surface area contributed by atoms with Crippen molar-refractivity contribution in [2.24, 2.45) is 0 Å². The number of hydrogen-bond acceptors (Lipinski definition) is 4. The summed E-state index contributed by atoms with van der Waals surface area (Å²) in [6.07, 6.45) is 0.350. The second-order valence-corrected chi connectivity index (χ2v) is 1.62. The molecule has 0 bridgehead atoms. The Kier molecular flexibility index (Phi) is 6.11. The van der Waals surface area contributed by atoms with E-state index in [1.54, 1.807) is 6.92 Å². The SMILES string of the molecule is CCC(=O)OCOCCO. The van der Waals surface area contributed by atoms with Gasteiger partial charge in [-0.25, -0.2) is 0 Å². The van der Waals surface area contributed by atoms with E-state index >= 15 is 0 Å². The molecule has 0 aromatic carbocycles. The van der Waals surface area contributed by atoms with Gasteiger partial charge in [0.05, 0.1) is 13.2 Å². The third kappa shape index (κ3) is 5.53. The van der Waals surface area contributed by atoms with Crippen molar-refractivity contribution in [2.45, 2.75) is 13.3 Å². The Morgan fingerprint density at radius 2 is 2.30 bits per heavy atom. The zero-order valence-corrected chi connectivity index (χ0v) is 6.00. The maximum atomic E-state index is 10.4. The van der Waals surface area contributed by atoms with Crippen molar-refractivity contribution in [3.05, 3.63) is 0 Å². The summed E-state index contributed by atoms with van der Waals surface area (Å²) in [6.45, 7) is 1.79. The van der Waals surface area contributed by atoms with Gasteiger partial charge >= 0.3 is 5.97 Å². The molecule has 1 N–H and O–H groups in total. The standard InChI is InChI=1S/C6H12O4/c1-2-6(8)10-5-9-4-3-7/h7H,2-5H2,1H3. The lowest BCUT2D eigenvalue weighted by molar-refractivity contribution is -0.156. The summed E-state index contributed by atoms with van der Waals surface area (Å²) < 4.78 is 9.18. The molecule has 4 nitrogen and oxygen atoms in total. The van der Waals surface area contributed by atoms with E-state index in [9.17, 15) is 4.79 Å². The summed E-state index contributed by atoms with van der Waals surface area (Å²) >= 11 is 0. The molecule has 0 atom stereocenters. The van der Waals surface area contributed by atoms with Gasteiger partial charge in [0.15, 0.2) is 6.79 Å². The van der Waals surface area contributed by atoms with Crippen LogP contribution in [0.5, 0.6) is 0 Å². The number of rotatable bonds is 5. The Hall–Kier alpha value is -0.610. The van der Waals surface area contributed by atoms with E-state index in [0.717, 1.165) is 0 Å². The summed E-state index contributed by atoms with van der Waals surface area (Å²) in [5.41, 5.74) is 0. The van der Waals surface area contributed by atoms with Gasteiger partial charge in [0.2, 0.25) is 0 Å². The maximum Gasteiger partial charge on any atom is 0.307 e. The van der Waals surface area contributed by atoms with E-state index < -0.39 is 0 Å². The quantitative estimate of drug-likeness (QED) is 0.336. The zero-order chi connectivity index (χ0) is 7.82. The summed E-state index contributed by atoms with van der Waals surface area (Å²) in [5.74, 6) is -0.294. The number of aliphatic hydroxyl groups is 1. The smallest absolute Gasteiger partial charge is 0.307 e. The fourth-order valence-corrected chi connectivity index (χ4v) is 0.333. The highest BCUT2D eigenvalue weighted by Gasteiger charge is 1.95. The highest BCUT2D eigenvalue weighted by molar-refractivity contribution is 5.68. The Morgan fingerprint density at radius 3 is 2.80 bits per heavy atom. The van der Waals surface area contributed by atoms with Crippen LogP contribution < -0.4 is 0 Å². The number of carbonyl (C=O) groups excluding carboxylic acids is 1. The van der Waals surface area contributed by atoms with Crippen LogP contribution in [0.15, 0.2) is 0 Å². The number of esters is 1. The van der Waals surface area contributed by atoms with Crippen LogP contribution >= 0.6 is 0 Å². The first-order valence-corrected chi connectivity index (χ1v) is 3.15. The molecule has 0 aromatic heterocycles. The lowest BCUT2D eigenvalue weighted by atomic mass is 10.5. The van der Waals surface area contributed by atoms with Gasteiger partial charge in [-0.2, -0.15) is 0 Å². The third-order valence-corrected chi connectivity index (χ3v) is 0.828. The average Bonchev–Trinajstić information content (AvgIpc) is 1.98. The van der Waals surface area contributed by atoms with Crippen LogP contribution in [-0.2, 0) is 14.3 Å². The first kappa shape index (κ1) is 9.39. The molecule has 0 saturated heterocycles. The van der Waals surface area contributed by atoms with E-state index in [1.165, 1.54) is 0 Å². The highest BCUT2D eigenvalue weighted by atomic mass is 16.7. The molecule has 0 amide bonds. The largest absolute Gasteiger partial charge is 0.438 e. The van der Waals surface area contributed by atoms with Crippen molar-refractivity contribution >= 4 is 5.97 Å². The molecule has 10 heavy (non-hydrogen) atoms. The molecule has 0 aliphatic heterocycles. The molecule has 0 spiro atoms. The van der Waals surface area contributed by atoms with Gasteiger partial charge in [-0.1, -0.05) is 6.92 Å². The van der Waals surface area contributed by atoms with Crippen molar-refractivity contribution in [1.82, 2.24) is 0 Å². The fourth-order valence-electron chi connectivity index (χ4n) is 0.333. The molecule has 0 aliphatic carbocycles. The topological polar surface area (TPSA) is 55.8 Å². The number of carbonyl (C=O) groups is 1. The summed E-state index contributed by atoms with van der Waals surface area (Å²) in [7, 11) is 0. The van der Waals surface area contributed by atoms with Crippen LogP contribution in [0.25, 0.3) is 0 Å². The van der Waals surface area contributed by atoms with E-state index in [4.69, 9.17) is 5.11 Å². The molecule has 4 heteroatoms. The highest BCUT2D eigenvalue weighted by Crippen LogP contribution is 1.84. The molecule has 0 radical (unpaired) electrons. The molecule has 0 aliphatic rings. The van der Waals surface area contributed by atoms with Crippen molar-refractivity contribution < 1.29 is 19.4 Å². The minimum atomic E-state index is -0.294. The normalized spacial score (nSPS) is 9.40. The minimum Gasteiger partial charge on any atom is -0.438 e. The maximum absolute atomic E-state index is 10.4. The fraction of sp³-hybridized carbons (Fsp3) is 0.833. The van der Waals surface area contributed by atoms with Crippen LogP contribution in [-0.4, -0.2) is 31.1 Å². The number of ether oxygens (including phenoxy) is 2. The van der Waals surface area contributed by atoms with Crippen LogP contribution in [0.4, 0.5) is 0 Å². The molecule has 0 fully saturated rings. The number of aliphatic hydroxyl groups excluding tert-OH is 1. The molecule has 0 rings (SSSR count). The molecule has 0 heterocycles. The monoisotopic (exact) mass is 148 g/mol. The lowest BCUT2D eigenvalue weighted by Crippen LogP contribution is -2.08. The minimum absolute atomic E-state index is 0.0519. The molecule has 0 aromatic rings. The van der Waals surface area contributed by atoms with Gasteiger partial charge in [-0.3, -0.25) is 4.79 Å². The molecule has 0 saturated carbocycles. The molecular weight excluding hydrogens is 136 g/mol. The second-order valence-electron chi connectivity index (χ2n) is 1.62. The van der Waals surface area contributed by atoms with Crippen LogP contribution in [0, 0.1) is 0 Å². The Morgan fingerprint density at radius 1 is 1.60 bits per heavy atom. The molecule has 0 unspecified atom stereocenters. The Balaban J connectivity index is 2.96. The van der Waals surface area contributed by atoms with E-state index in [-0.39, 0.29) is 26.0 Å². The van der Waals surface area contributed by atoms with Crippen LogP contribution in [0.2, 0.25) is 0 Å². The van der Waals surface area contributed by atoms with Gasteiger partial charge in [-0.05, 0) is 0 Å². The molecular formula is C6H12O4. The van der Waals surface area contributed by atoms with E-state index in [0.29, 0.717) is 6.42 Å². The van der Waals surface area contributed by atoms with Gasteiger partial charge < -0.3 is 14.6 Å². The van der Waals surface area contributed by atoms with Crippen molar-refractivity contribution in [3.63, 3.8) is 0 Å². The Labute approximate surface area is 59.7 Å². The lowest BCUT2D eigenvalue weighted by Gasteiger charge is -2.01. The van der Waals surface area contributed by atoms with Crippen molar-refractivity contribution in [2.75, 3.05) is 20.0 Å². The first-order chi connectivity index (χ1) is 4.81. The van der Waals surface area contributed by atoms with Crippen molar-refractivity contribution in [3.8, 4) is 0 Å². The van der Waals surface area contributed by atoms with Gasteiger partial charge in [-0.15, -0.1) is 0 Å². The van der Waals surface area contributed by atoms with Crippen LogP contribution in [0.1, 0.15) is 13.3 Å². The van der Waals surface area contributed by atoms with Gasteiger partial charge in [0.25, 0.3) is 0 Å². The third-order valence-electron chi connectivity index (χ3n) is 0.828. The van der Waals surface area contributed by atoms with E-state index in [1.807, 2.05) is 0 Å². The van der Waals surface area contributed by atoms with E-state index in [2.05, 4.69) is 9.47 Å². The predicted molar refractivity (Wildman–Crippen MR) is 34.3 cm³/mol. The zero-order valence-electron chi connectivity index (χ0n) is 6.00. The van der Waals surface area contributed by atoms with Crippen molar-refractivity contribution in [1.29, 1.82) is 0 Å². The van der Waals surface area contributed by atoms with Gasteiger partial charge in [0, 0.05) is 6.42 Å².